The molecule has 0 unspecified atom stereocenters. The number of fused-ring (bicyclic) bond motifs is 2. The number of anilines is 1. The number of benzene rings is 1. The lowest BCUT2D eigenvalue weighted by molar-refractivity contribution is -0.150. The lowest BCUT2D eigenvalue weighted by Crippen LogP contribution is -2.54. The van der Waals surface area contributed by atoms with Crippen LogP contribution in [-0.4, -0.2) is 78.9 Å². The molecule has 0 bridgehead atoms. The van der Waals surface area contributed by atoms with Crippen LogP contribution in [0, 0.1) is 5.41 Å². The summed E-state index contributed by atoms with van der Waals surface area (Å²) in [6.07, 6.45) is 12.2. The molecule has 6 rings (SSSR count). The van der Waals surface area contributed by atoms with E-state index in [-0.39, 0.29) is 23.5 Å². The fraction of sp³-hybridized carbons (Fsp3) is 0.561. The minimum Gasteiger partial charge on any atom is -0.464 e. The number of aryl methyl sites for hydroxylation is 1. The van der Waals surface area contributed by atoms with Crippen LogP contribution in [0.15, 0.2) is 49.2 Å². The van der Waals surface area contributed by atoms with Gasteiger partial charge in [-0.15, -0.1) is 0 Å². The van der Waals surface area contributed by atoms with Crippen LogP contribution in [0.3, 0.4) is 0 Å². The summed E-state index contributed by atoms with van der Waals surface area (Å²) >= 11 is 0. The van der Waals surface area contributed by atoms with Gasteiger partial charge >= 0.3 is 5.97 Å². The van der Waals surface area contributed by atoms with Gasteiger partial charge in [-0.05, 0) is 94.3 Å². The second kappa shape index (κ2) is 15.8. The summed E-state index contributed by atoms with van der Waals surface area (Å²) in [6, 6.07) is 9.42. The fourth-order valence-electron chi connectivity index (χ4n) is 8.21. The van der Waals surface area contributed by atoms with Crippen molar-refractivity contribution in [1.82, 2.24) is 25.3 Å². The summed E-state index contributed by atoms with van der Waals surface area (Å²) in [5.74, 6) is -0.196. The first-order chi connectivity index (χ1) is 24.2. The van der Waals surface area contributed by atoms with Crippen molar-refractivity contribution in [2.24, 2.45) is 5.41 Å². The number of piperazine rings is 1. The van der Waals surface area contributed by atoms with Crippen molar-refractivity contribution in [2.45, 2.75) is 97.9 Å². The summed E-state index contributed by atoms with van der Waals surface area (Å²) in [5, 5.41) is 1.20. The highest BCUT2D eigenvalue weighted by Gasteiger charge is 2.33. The van der Waals surface area contributed by atoms with Crippen LogP contribution in [0.4, 0.5) is 5.69 Å². The van der Waals surface area contributed by atoms with Crippen LogP contribution in [-0.2, 0) is 27.2 Å². The number of nitrogens with zero attached hydrogens (tertiary/aromatic N) is 4. The average Bonchev–Trinajstić information content (AvgIpc) is 3.45. The molecule has 3 aliphatic heterocycles. The first-order valence-corrected chi connectivity index (χ1v) is 18.8. The van der Waals surface area contributed by atoms with E-state index >= 15 is 0 Å². The Balaban J connectivity index is 1.46. The molecule has 0 amide bonds. The molecule has 1 aromatic carbocycles. The molecule has 3 atom stereocenters. The van der Waals surface area contributed by atoms with E-state index in [0.29, 0.717) is 19.1 Å². The van der Waals surface area contributed by atoms with Crippen LogP contribution >= 0.6 is 0 Å². The van der Waals surface area contributed by atoms with Gasteiger partial charge in [0, 0.05) is 67.8 Å². The van der Waals surface area contributed by atoms with Crippen LogP contribution in [0.2, 0.25) is 0 Å². The molecular weight excluding hydrogens is 624 g/mol. The Kier molecular flexibility index (Phi) is 11.5. The van der Waals surface area contributed by atoms with E-state index in [0.717, 1.165) is 68.0 Å². The molecule has 2 aromatic heterocycles. The molecule has 9 nitrogen and oxygen atoms in total. The van der Waals surface area contributed by atoms with Crippen LogP contribution in [0.25, 0.3) is 27.7 Å². The zero-order valence-electron chi connectivity index (χ0n) is 31.2. The zero-order valence-corrected chi connectivity index (χ0v) is 31.2. The van der Waals surface area contributed by atoms with Gasteiger partial charge in [0.05, 0.1) is 36.0 Å². The summed E-state index contributed by atoms with van der Waals surface area (Å²) in [4.78, 5) is 23.5. The number of carbonyl (C=O) groups excluding carboxylic acids is 1. The van der Waals surface area contributed by atoms with Gasteiger partial charge in [-0.25, -0.2) is 5.43 Å². The molecule has 9 heteroatoms. The Morgan fingerprint density at radius 1 is 1.16 bits per heavy atom. The van der Waals surface area contributed by atoms with Gasteiger partial charge in [0.1, 0.15) is 6.04 Å². The third kappa shape index (κ3) is 7.57. The van der Waals surface area contributed by atoms with E-state index in [1.807, 2.05) is 6.08 Å². The smallest absolute Gasteiger partial charge is 0.324 e. The molecule has 0 spiro atoms. The lowest BCUT2D eigenvalue weighted by Gasteiger charge is -2.45. The highest BCUT2D eigenvalue weighted by Crippen LogP contribution is 2.43. The zero-order chi connectivity index (χ0) is 35.4. The maximum Gasteiger partial charge on any atom is 0.324 e. The molecule has 3 fully saturated rings. The Morgan fingerprint density at radius 2 is 2.00 bits per heavy atom. The number of esters is 1. The number of carbonyl (C=O) groups is 1. The van der Waals surface area contributed by atoms with E-state index in [9.17, 15) is 4.79 Å². The van der Waals surface area contributed by atoms with Gasteiger partial charge in [0.15, 0.2) is 0 Å². The summed E-state index contributed by atoms with van der Waals surface area (Å²) in [5.41, 5.74) is 14.9. The SMILES string of the molecule is C=C/C(=C\C)c1ccc2c(c1)c(CC(C)(C)COC(=O)[C@@H]1CCCNN1)c(-c1cc(N3CCN4CCCC[C@@H]4C3)cnc1[C@H](C)OC)n2CC. The number of hydrogen-bond acceptors (Lipinski definition) is 8. The van der Waals surface area contributed by atoms with E-state index in [4.69, 9.17) is 14.5 Å². The molecule has 50 heavy (non-hydrogen) atoms. The van der Waals surface area contributed by atoms with Crippen LogP contribution < -0.4 is 15.8 Å². The first kappa shape index (κ1) is 36.3. The Morgan fingerprint density at radius 3 is 2.72 bits per heavy atom. The Labute approximate surface area is 299 Å². The monoisotopic (exact) mass is 682 g/mol. The van der Waals surface area contributed by atoms with Crippen molar-refractivity contribution in [2.75, 3.05) is 51.3 Å². The number of ether oxygens (including phenoxy) is 2. The Bertz CT molecular complexity index is 1700. The number of aromatic nitrogens is 2. The van der Waals surface area contributed by atoms with E-state index in [1.54, 1.807) is 7.11 Å². The average molecular weight is 683 g/mol. The third-order valence-electron chi connectivity index (χ3n) is 11.1. The highest BCUT2D eigenvalue weighted by atomic mass is 16.5. The maximum absolute atomic E-state index is 13.1. The normalized spacial score (nSPS) is 21.2. The highest BCUT2D eigenvalue weighted by molar-refractivity contribution is 5.95. The first-order valence-electron chi connectivity index (χ1n) is 18.8. The number of methoxy groups -OCH3 is 1. The molecule has 0 saturated carbocycles. The van der Waals surface area contributed by atoms with Crippen LogP contribution in [0.5, 0.6) is 0 Å². The van der Waals surface area contributed by atoms with Crippen LogP contribution in [0.1, 0.15) is 89.6 Å². The van der Waals surface area contributed by atoms with Crippen molar-refractivity contribution < 1.29 is 14.3 Å². The van der Waals surface area contributed by atoms with Crippen molar-refractivity contribution in [3.8, 4) is 11.3 Å². The topological polar surface area (TPSA) is 83.9 Å². The number of allylic oxidation sites excluding steroid dienone is 3. The predicted molar refractivity (Wildman–Crippen MR) is 204 cm³/mol. The number of hydrazine groups is 1. The molecule has 3 aliphatic rings. The van der Waals surface area contributed by atoms with Gasteiger partial charge in [-0.2, -0.15) is 0 Å². The number of pyridine rings is 1. The largest absolute Gasteiger partial charge is 0.464 e. The van der Waals surface area contributed by atoms with Crippen molar-refractivity contribution >= 4 is 28.1 Å². The second-order valence-corrected chi connectivity index (χ2v) is 15.1. The number of hydrogen-bond donors (Lipinski definition) is 2. The molecule has 5 heterocycles. The molecule has 270 valence electrons. The molecule has 2 N–H and O–H groups in total. The lowest BCUT2D eigenvalue weighted by atomic mass is 9.84. The Hall–Kier alpha value is -3.50. The quantitative estimate of drug-likeness (QED) is 0.155. The molecular formula is C41H58N6O3. The fourth-order valence-corrected chi connectivity index (χ4v) is 8.21. The number of rotatable bonds is 12. The van der Waals surface area contributed by atoms with Gasteiger partial charge in [0.2, 0.25) is 0 Å². The van der Waals surface area contributed by atoms with Crippen molar-refractivity contribution in [3.63, 3.8) is 0 Å². The van der Waals surface area contributed by atoms with E-state index in [1.165, 1.54) is 53.7 Å². The summed E-state index contributed by atoms with van der Waals surface area (Å²) < 4.78 is 14.4. The molecule has 0 radical (unpaired) electrons. The summed E-state index contributed by atoms with van der Waals surface area (Å²) in [6.45, 7) is 21.2. The summed E-state index contributed by atoms with van der Waals surface area (Å²) in [7, 11) is 1.76. The number of piperidine rings is 1. The standard InChI is InChI=1S/C41H58N6O3/c1-8-29(9-2)30-16-17-37-33(22-30)35(24-41(5,6)27-50-40(48)36-15-13-18-43-44-36)39(47(37)10-3)34-23-32(25-42-38(34)28(4)49-7)46-21-20-45-19-12-11-14-31(45)26-46/h8-9,16-17,22-23,25,28,31,36,43-44H,1,10-15,18-21,24,26-27H2,2-7H3/b29-9+/t28-,31+,36-/m0/s1. The predicted octanol–water partition coefficient (Wildman–Crippen LogP) is 7.06. The van der Waals surface area contributed by atoms with Crippen molar-refractivity contribution in [3.05, 3.63) is 66.0 Å². The molecule has 3 saturated heterocycles. The minimum atomic E-state index is -0.341. The minimum absolute atomic E-state index is 0.193. The molecule has 3 aromatic rings. The third-order valence-corrected chi connectivity index (χ3v) is 11.1. The van der Waals surface area contributed by atoms with E-state index < -0.39 is 0 Å². The maximum atomic E-state index is 13.1. The van der Waals surface area contributed by atoms with Gasteiger partial charge in [-0.3, -0.25) is 20.1 Å². The van der Waals surface area contributed by atoms with Gasteiger partial charge in [0.25, 0.3) is 0 Å². The second-order valence-electron chi connectivity index (χ2n) is 15.1. The van der Waals surface area contributed by atoms with Gasteiger partial charge < -0.3 is 18.9 Å². The van der Waals surface area contributed by atoms with Gasteiger partial charge in [-0.1, -0.05) is 45.1 Å². The molecule has 0 aliphatic carbocycles. The van der Waals surface area contributed by atoms with E-state index in [2.05, 4.69) is 103 Å². The number of nitrogens with one attached hydrogen (secondary N) is 2. The van der Waals surface area contributed by atoms with Crippen molar-refractivity contribution in [1.29, 1.82) is 0 Å².